The highest BCUT2D eigenvalue weighted by Crippen LogP contribution is 2.51. The number of Topliss-reactive ketones (excluding diaryl/α,β-unsaturated/α-hetero) is 1. The van der Waals surface area contributed by atoms with Crippen LogP contribution in [0.3, 0.4) is 0 Å². The lowest BCUT2D eigenvalue weighted by Gasteiger charge is -2.13. The zero-order valence-electron chi connectivity index (χ0n) is 9.91. The third-order valence-electron chi connectivity index (χ3n) is 3.23. The fourth-order valence-electron chi connectivity index (χ4n) is 2.02. The van der Waals surface area contributed by atoms with Crippen LogP contribution in [0.25, 0.3) is 0 Å². The monoisotopic (exact) mass is 267 g/mol. The SMILES string of the molecule is O=CNC(=O)CC1(C(=O)c2ccc(F)cc2F)CC1. The summed E-state index contributed by atoms with van der Waals surface area (Å²) in [5.74, 6) is -2.81. The minimum atomic E-state index is -0.953. The number of imide groups is 1. The van der Waals surface area contributed by atoms with E-state index in [1.54, 1.807) is 0 Å². The van der Waals surface area contributed by atoms with E-state index in [9.17, 15) is 23.2 Å². The highest BCUT2D eigenvalue weighted by Gasteiger charge is 2.51. The number of ketones is 1. The van der Waals surface area contributed by atoms with Gasteiger partial charge in [0, 0.05) is 17.9 Å². The van der Waals surface area contributed by atoms with Crippen molar-refractivity contribution in [2.45, 2.75) is 19.3 Å². The normalized spacial score (nSPS) is 15.7. The van der Waals surface area contributed by atoms with Crippen molar-refractivity contribution in [3.63, 3.8) is 0 Å². The number of benzene rings is 1. The lowest BCUT2D eigenvalue weighted by Crippen LogP contribution is -2.28. The molecule has 6 heteroatoms. The predicted molar refractivity (Wildman–Crippen MR) is 61.2 cm³/mol. The number of rotatable bonds is 5. The van der Waals surface area contributed by atoms with Crippen molar-refractivity contribution in [1.82, 2.24) is 5.32 Å². The second kappa shape index (κ2) is 4.87. The average molecular weight is 267 g/mol. The lowest BCUT2D eigenvalue weighted by atomic mass is 9.91. The highest BCUT2D eigenvalue weighted by molar-refractivity contribution is 6.05. The van der Waals surface area contributed by atoms with Gasteiger partial charge in [0.2, 0.25) is 12.3 Å². The van der Waals surface area contributed by atoms with Crippen molar-refractivity contribution in [1.29, 1.82) is 0 Å². The Labute approximate surface area is 107 Å². The smallest absolute Gasteiger partial charge is 0.227 e. The second-order valence-electron chi connectivity index (χ2n) is 4.60. The zero-order chi connectivity index (χ0) is 14.0. The number of amides is 2. The van der Waals surface area contributed by atoms with Gasteiger partial charge >= 0.3 is 0 Å². The van der Waals surface area contributed by atoms with Gasteiger partial charge in [-0.1, -0.05) is 0 Å². The minimum Gasteiger partial charge on any atom is -0.299 e. The van der Waals surface area contributed by atoms with Gasteiger partial charge in [0.05, 0.1) is 5.56 Å². The molecule has 0 atom stereocenters. The van der Waals surface area contributed by atoms with Gasteiger partial charge in [-0.25, -0.2) is 8.78 Å². The van der Waals surface area contributed by atoms with Crippen molar-refractivity contribution in [3.8, 4) is 0 Å². The molecule has 0 saturated heterocycles. The molecular weight excluding hydrogens is 256 g/mol. The van der Waals surface area contributed by atoms with Crippen LogP contribution in [0, 0.1) is 17.0 Å². The number of carbonyl (C=O) groups is 3. The van der Waals surface area contributed by atoms with Crippen LogP contribution in [-0.4, -0.2) is 18.1 Å². The van der Waals surface area contributed by atoms with Crippen LogP contribution >= 0.6 is 0 Å². The summed E-state index contributed by atoms with van der Waals surface area (Å²) in [5, 5.41) is 1.95. The molecule has 0 spiro atoms. The molecule has 0 aromatic heterocycles. The van der Waals surface area contributed by atoms with E-state index in [2.05, 4.69) is 0 Å². The fourth-order valence-corrected chi connectivity index (χ4v) is 2.02. The summed E-state index contributed by atoms with van der Waals surface area (Å²) in [4.78, 5) is 33.6. The van der Waals surface area contributed by atoms with Crippen molar-refractivity contribution in [2.24, 2.45) is 5.41 Å². The van der Waals surface area contributed by atoms with Crippen molar-refractivity contribution in [2.75, 3.05) is 0 Å². The van der Waals surface area contributed by atoms with Gasteiger partial charge in [0.15, 0.2) is 5.78 Å². The molecule has 19 heavy (non-hydrogen) atoms. The molecule has 0 aliphatic heterocycles. The van der Waals surface area contributed by atoms with E-state index >= 15 is 0 Å². The fraction of sp³-hybridized carbons (Fsp3) is 0.308. The molecule has 1 aliphatic rings. The Kier molecular flexibility index (Phi) is 3.42. The third-order valence-corrected chi connectivity index (χ3v) is 3.23. The number of carbonyl (C=O) groups excluding carboxylic acids is 3. The van der Waals surface area contributed by atoms with E-state index < -0.39 is 28.7 Å². The molecule has 1 N–H and O–H groups in total. The molecule has 0 radical (unpaired) electrons. The molecule has 4 nitrogen and oxygen atoms in total. The molecule has 100 valence electrons. The van der Waals surface area contributed by atoms with E-state index in [1.807, 2.05) is 5.32 Å². The first-order valence-electron chi connectivity index (χ1n) is 5.71. The maximum Gasteiger partial charge on any atom is 0.227 e. The van der Waals surface area contributed by atoms with E-state index in [4.69, 9.17) is 0 Å². The summed E-state index contributed by atoms with van der Waals surface area (Å²) >= 11 is 0. The van der Waals surface area contributed by atoms with Gasteiger partial charge in [0.25, 0.3) is 0 Å². The van der Waals surface area contributed by atoms with Crippen LogP contribution in [0.2, 0.25) is 0 Å². The zero-order valence-corrected chi connectivity index (χ0v) is 9.91. The average Bonchev–Trinajstić information content (AvgIpc) is 3.09. The standard InChI is InChI=1S/C13H11F2NO3/c14-8-1-2-9(10(15)5-8)12(19)13(3-4-13)6-11(18)16-7-17/h1-2,5,7H,3-4,6H2,(H,16,17,18). The van der Waals surface area contributed by atoms with E-state index in [1.165, 1.54) is 0 Å². The number of nitrogens with one attached hydrogen (secondary N) is 1. The topological polar surface area (TPSA) is 63.2 Å². The van der Waals surface area contributed by atoms with Crippen LogP contribution in [-0.2, 0) is 9.59 Å². The van der Waals surface area contributed by atoms with E-state index in [0.717, 1.165) is 12.1 Å². The molecule has 0 unspecified atom stereocenters. The Morgan fingerprint density at radius 2 is 2.00 bits per heavy atom. The van der Waals surface area contributed by atoms with Crippen LogP contribution in [0.4, 0.5) is 8.78 Å². The maximum absolute atomic E-state index is 13.5. The highest BCUT2D eigenvalue weighted by atomic mass is 19.1. The summed E-state index contributed by atoms with van der Waals surface area (Å²) in [5.41, 5.74) is -1.18. The number of hydrogen-bond donors (Lipinski definition) is 1. The summed E-state index contributed by atoms with van der Waals surface area (Å²) in [6, 6.07) is 2.71. The Bertz CT molecular complexity index is 553. The Hall–Kier alpha value is -2.11. The van der Waals surface area contributed by atoms with Gasteiger partial charge in [0.1, 0.15) is 11.6 Å². The summed E-state index contributed by atoms with van der Waals surface area (Å²) in [7, 11) is 0. The van der Waals surface area contributed by atoms with Crippen LogP contribution in [0.5, 0.6) is 0 Å². The van der Waals surface area contributed by atoms with Crippen molar-refractivity contribution >= 4 is 18.1 Å². The van der Waals surface area contributed by atoms with Gasteiger partial charge in [-0.3, -0.25) is 19.7 Å². The Morgan fingerprint density at radius 3 is 2.53 bits per heavy atom. The second-order valence-corrected chi connectivity index (χ2v) is 4.60. The Balaban J connectivity index is 2.19. The van der Waals surface area contributed by atoms with E-state index in [-0.39, 0.29) is 18.4 Å². The van der Waals surface area contributed by atoms with Gasteiger partial charge in [-0.2, -0.15) is 0 Å². The molecule has 1 aromatic carbocycles. The third kappa shape index (κ3) is 2.67. The first-order chi connectivity index (χ1) is 8.98. The predicted octanol–water partition coefficient (Wildman–Crippen LogP) is 1.59. The van der Waals surface area contributed by atoms with Crippen LogP contribution in [0.15, 0.2) is 18.2 Å². The largest absolute Gasteiger partial charge is 0.299 e. The molecule has 2 rings (SSSR count). The van der Waals surface area contributed by atoms with Gasteiger partial charge in [-0.05, 0) is 25.0 Å². The molecule has 0 bridgehead atoms. The summed E-state index contributed by atoms with van der Waals surface area (Å²) < 4.78 is 26.3. The van der Waals surface area contributed by atoms with Gasteiger partial charge < -0.3 is 0 Å². The number of halogens is 2. The van der Waals surface area contributed by atoms with Crippen molar-refractivity contribution in [3.05, 3.63) is 35.4 Å². The molecule has 1 saturated carbocycles. The van der Waals surface area contributed by atoms with Crippen LogP contribution in [0.1, 0.15) is 29.6 Å². The lowest BCUT2D eigenvalue weighted by molar-refractivity contribution is -0.125. The first-order valence-corrected chi connectivity index (χ1v) is 5.71. The summed E-state index contributed by atoms with van der Waals surface area (Å²) in [6.07, 6.45) is 0.979. The first kappa shape index (κ1) is 13.3. The summed E-state index contributed by atoms with van der Waals surface area (Å²) in [6.45, 7) is 0. The minimum absolute atomic E-state index is 0.165. The van der Waals surface area contributed by atoms with Crippen LogP contribution < -0.4 is 5.32 Å². The molecule has 2 amide bonds. The molecule has 0 heterocycles. The molecule has 1 fully saturated rings. The maximum atomic E-state index is 13.5. The molecule has 1 aliphatic carbocycles. The van der Waals surface area contributed by atoms with Gasteiger partial charge in [-0.15, -0.1) is 0 Å². The Morgan fingerprint density at radius 1 is 1.32 bits per heavy atom. The van der Waals surface area contributed by atoms with Crippen molar-refractivity contribution < 1.29 is 23.2 Å². The molecular formula is C13H11F2NO3. The molecule has 1 aromatic rings. The quantitative estimate of drug-likeness (QED) is 0.651. The van der Waals surface area contributed by atoms with E-state index in [0.29, 0.717) is 18.9 Å². The number of hydrogen-bond acceptors (Lipinski definition) is 3.